The Balaban J connectivity index is 2.82. The molecular weight excluding hydrogens is 214 g/mol. The number of amides is 2. The lowest BCUT2D eigenvalue weighted by atomic mass is 10.3. The molecule has 0 unspecified atom stereocenters. The summed E-state index contributed by atoms with van der Waals surface area (Å²) < 4.78 is 0. The van der Waals surface area contributed by atoms with E-state index in [1.807, 2.05) is 0 Å². The van der Waals surface area contributed by atoms with E-state index in [1.165, 1.54) is 16.2 Å². The molecule has 0 fully saturated rings. The SMILES string of the molecule is CCN(CC(N)=O)C(=O)c1sccc1N. The molecule has 0 atom stereocenters. The maximum absolute atomic E-state index is 11.8. The van der Waals surface area contributed by atoms with Gasteiger partial charge in [-0.05, 0) is 18.4 Å². The first-order valence-corrected chi connectivity index (χ1v) is 5.34. The number of carbonyl (C=O) groups is 2. The largest absolute Gasteiger partial charge is 0.397 e. The highest BCUT2D eigenvalue weighted by Gasteiger charge is 2.19. The van der Waals surface area contributed by atoms with E-state index in [9.17, 15) is 9.59 Å². The van der Waals surface area contributed by atoms with Gasteiger partial charge >= 0.3 is 0 Å². The van der Waals surface area contributed by atoms with Crippen molar-refractivity contribution in [3.8, 4) is 0 Å². The molecule has 0 aliphatic rings. The monoisotopic (exact) mass is 227 g/mol. The molecule has 2 amide bonds. The minimum absolute atomic E-state index is 0.0767. The zero-order chi connectivity index (χ0) is 11.4. The van der Waals surface area contributed by atoms with Gasteiger partial charge in [0.25, 0.3) is 5.91 Å². The standard InChI is InChI=1S/C9H13N3O2S/c1-2-12(5-7(11)13)9(14)8-6(10)3-4-15-8/h3-4H,2,5,10H2,1H3,(H2,11,13). The van der Waals surface area contributed by atoms with Crippen LogP contribution in [0.15, 0.2) is 11.4 Å². The van der Waals surface area contributed by atoms with Crippen molar-refractivity contribution in [2.24, 2.45) is 5.73 Å². The minimum Gasteiger partial charge on any atom is -0.397 e. The highest BCUT2D eigenvalue weighted by molar-refractivity contribution is 7.12. The summed E-state index contributed by atoms with van der Waals surface area (Å²) in [5, 5.41) is 1.74. The van der Waals surface area contributed by atoms with Crippen LogP contribution in [0, 0.1) is 0 Å². The van der Waals surface area contributed by atoms with Gasteiger partial charge in [0, 0.05) is 6.54 Å². The molecule has 1 aromatic rings. The van der Waals surface area contributed by atoms with E-state index in [0.717, 1.165) is 0 Å². The lowest BCUT2D eigenvalue weighted by molar-refractivity contribution is -0.118. The second-order valence-electron chi connectivity index (χ2n) is 2.99. The number of nitrogens with two attached hydrogens (primary N) is 2. The van der Waals surface area contributed by atoms with Crippen molar-refractivity contribution >= 4 is 28.8 Å². The van der Waals surface area contributed by atoms with Crippen molar-refractivity contribution in [2.45, 2.75) is 6.92 Å². The molecule has 4 N–H and O–H groups in total. The summed E-state index contributed by atoms with van der Waals surface area (Å²) in [6.07, 6.45) is 0. The van der Waals surface area contributed by atoms with Gasteiger partial charge in [0.15, 0.2) is 0 Å². The molecule has 0 spiro atoms. The van der Waals surface area contributed by atoms with Crippen molar-refractivity contribution in [1.29, 1.82) is 0 Å². The number of hydrogen-bond acceptors (Lipinski definition) is 4. The Labute approximate surface area is 91.7 Å². The highest BCUT2D eigenvalue weighted by Crippen LogP contribution is 2.20. The molecule has 0 bridgehead atoms. The van der Waals surface area contributed by atoms with Gasteiger partial charge in [0.1, 0.15) is 4.88 Å². The van der Waals surface area contributed by atoms with E-state index in [0.29, 0.717) is 17.1 Å². The van der Waals surface area contributed by atoms with E-state index in [1.54, 1.807) is 18.4 Å². The molecule has 1 aromatic heterocycles. The van der Waals surface area contributed by atoms with Crippen molar-refractivity contribution in [1.82, 2.24) is 4.90 Å². The number of hydrogen-bond donors (Lipinski definition) is 2. The number of likely N-dealkylation sites (N-methyl/N-ethyl adjacent to an activating group) is 1. The van der Waals surface area contributed by atoms with Crippen LogP contribution in [-0.4, -0.2) is 29.8 Å². The van der Waals surface area contributed by atoms with E-state index < -0.39 is 5.91 Å². The Morgan fingerprint density at radius 1 is 1.53 bits per heavy atom. The van der Waals surface area contributed by atoms with E-state index >= 15 is 0 Å². The quantitative estimate of drug-likeness (QED) is 0.774. The van der Waals surface area contributed by atoms with E-state index in [2.05, 4.69) is 0 Å². The minimum atomic E-state index is -0.527. The normalized spacial score (nSPS) is 9.93. The first-order valence-electron chi connectivity index (χ1n) is 4.46. The summed E-state index contributed by atoms with van der Waals surface area (Å²) in [6.45, 7) is 2.14. The predicted molar refractivity (Wildman–Crippen MR) is 59.5 cm³/mol. The Morgan fingerprint density at radius 3 is 2.60 bits per heavy atom. The van der Waals surface area contributed by atoms with Gasteiger partial charge in [-0.1, -0.05) is 0 Å². The van der Waals surface area contributed by atoms with Crippen LogP contribution < -0.4 is 11.5 Å². The second kappa shape index (κ2) is 4.79. The average Bonchev–Trinajstić information content (AvgIpc) is 2.59. The van der Waals surface area contributed by atoms with E-state index in [-0.39, 0.29) is 12.5 Å². The number of rotatable bonds is 4. The maximum atomic E-state index is 11.8. The molecule has 0 saturated heterocycles. The molecule has 0 saturated carbocycles. The lowest BCUT2D eigenvalue weighted by Crippen LogP contribution is -2.38. The second-order valence-corrected chi connectivity index (χ2v) is 3.91. The molecular formula is C9H13N3O2S. The van der Waals surface area contributed by atoms with Gasteiger partial charge in [0.2, 0.25) is 5.91 Å². The fraction of sp³-hybridized carbons (Fsp3) is 0.333. The third kappa shape index (κ3) is 2.69. The van der Waals surface area contributed by atoms with E-state index in [4.69, 9.17) is 11.5 Å². The fourth-order valence-electron chi connectivity index (χ4n) is 1.15. The number of nitrogen functional groups attached to an aromatic ring is 1. The Morgan fingerprint density at radius 2 is 2.20 bits per heavy atom. The molecule has 82 valence electrons. The van der Waals surface area contributed by atoms with Crippen molar-refractivity contribution < 1.29 is 9.59 Å². The average molecular weight is 227 g/mol. The summed E-state index contributed by atoms with van der Waals surface area (Å²) in [7, 11) is 0. The number of thiophene rings is 1. The van der Waals surface area contributed by atoms with Crippen LogP contribution in [0.2, 0.25) is 0 Å². The molecule has 0 aliphatic heterocycles. The molecule has 0 aliphatic carbocycles. The van der Waals surface area contributed by atoms with Crippen molar-refractivity contribution in [2.75, 3.05) is 18.8 Å². The van der Waals surface area contributed by atoms with Gasteiger partial charge in [-0.25, -0.2) is 0 Å². The molecule has 5 nitrogen and oxygen atoms in total. The summed E-state index contributed by atoms with van der Waals surface area (Å²) in [5.74, 6) is -0.774. The van der Waals surface area contributed by atoms with Gasteiger partial charge in [-0.3, -0.25) is 9.59 Å². The lowest BCUT2D eigenvalue weighted by Gasteiger charge is -2.18. The van der Waals surface area contributed by atoms with Gasteiger partial charge in [-0.15, -0.1) is 11.3 Å². The summed E-state index contributed by atoms with van der Waals surface area (Å²) in [4.78, 5) is 24.4. The number of primary amides is 1. The molecule has 0 aromatic carbocycles. The number of nitrogens with zero attached hydrogens (tertiary/aromatic N) is 1. The zero-order valence-electron chi connectivity index (χ0n) is 8.40. The first-order chi connectivity index (χ1) is 7.06. The zero-order valence-corrected chi connectivity index (χ0v) is 9.21. The molecule has 0 radical (unpaired) electrons. The first kappa shape index (κ1) is 11.5. The molecule has 1 heterocycles. The van der Waals surface area contributed by atoms with Gasteiger partial charge in [0.05, 0.1) is 12.2 Å². The maximum Gasteiger partial charge on any atom is 0.266 e. The Bertz CT molecular complexity index is 375. The van der Waals surface area contributed by atoms with Crippen LogP contribution in [0.3, 0.4) is 0 Å². The van der Waals surface area contributed by atoms with Crippen LogP contribution in [0.25, 0.3) is 0 Å². The molecule has 6 heteroatoms. The summed E-state index contributed by atoms with van der Waals surface area (Å²) in [6, 6.07) is 1.66. The smallest absolute Gasteiger partial charge is 0.266 e. The van der Waals surface area contributed by atoms with Crippen molar-refractivity contribution in [3.05, 3.63) is 16.3 Å². The van der Waals surface area contributed by atoms with Crippen molar-refractivity contribution in [3.63, 3.8) is 0 Å². The van der Waals surface area contributed by atoms with Crippen LogP contribution in [0.1, 0.15) is 16.6 Å². The fourth-order valence-corrected chi connectivity index (χ4v) is 1.94. The highest BCUT2D eigenvalue weighted by atomic mass is 32.1. The summed E-state index contributed by atoms with van der Waals surface area (Å²) >= 11 is 1.26. The molecule has 15 heavy (non-hydrogen) atoms. The number of anilines is 1. The third-order valence-corrected chi connectivity index (χ3v) is 2.82. The van der Waals surface area contributed by atoms with Crippen LogP contribution in [0.5, 0.6) is 0 Å². The Hall–Kier alpha value is -1.56. The van der Waals surface area contributed by atoms with Gasteiger partial charge in [-0.2, -0.15) is 0 Å². The Kier molecular flexibility index (Phi) is 3.68. The summed E-state index contributed by atoms with van der Waals surface area (Å²) in [5.41, 5.74) is 11.1. The topological polar surface area (TPSA) is 89.4 Å². The third-order valence-electron chi connectivity index (χ3n) is 1.91. The predicted octanol–water partition coefficient (Wildman–Crippen LogP) is 0.278. The molecule has 1 rings (SSSR count). The van der Waals surface area contributed by atoms with Crippen LogP contribution in [0.4, 0.5) is 5.69 Å². The number of carbonyl (C=O) groups excluding carboxylic acids is 2. The van der Waals surface area contributed by atoms with Gasteiger partial charge < -0.3 is 16.4 Å². The van der Waals surface area contributed by atoms with Crippen LogP contribution >= 0.6 is 11.3 Å². The van der Waals surface area contributed by atoms with Crippen LogP contribution in [-0.2, 0) is 4.79 Å².